The monoisotopic (exact) mass is 333 g/mol. The molecule has 0 spiro atoms. The molecule has 1 aromatic rings. The fourth-order valence-electron chi connectivity index (χ4n) is 1.59. The van der Waals surface area contributed by atoms with Crippen molar-refractivity contribution >= 4 is 35.1 Å². The molecule has 0 heterocycles. The van der Waals surface area contributed by atoms with Gasteiger partial charge in [0.25, 0.3) is 5.91 Å². The summed E-state index contributed by atoms with van der Waals surface area (Å²) in [6, 6.07) is 3.60. The lowest BCUT2D eigenvalue weighted by Gasteiger charge is -2.27. The number of aliphatic carboxylic acids is 1. The van der Waals surface area contributed by atoms with Gasteiger partial charge >= 0.3 is 5.97 Å². The number of benzene rings is 1. The van der Waals surface area contributed by atoms with Crippen molar-refractivity contribution in [2.75, 3.05) is 6.61 Å². The number of carbonyl (C=O) groups excluding carboxylic acids is 1. The van der Waals surface area contributed by atoms with Crippen LogP contribution < -0.4 is 10.1 Å². The third-order valence-electron chi connectivity index (χ3n) is 2.67. The summed E-state index contributed by atoms with van der Waals surface area (Å²) in [5.74, 6) is -1.33. The van der Waals surface area contributed by atoms with Crippen molar-refractivity contribution in [3.63, 3.8) is 0 Å². The van der Waals surface area contributed by atoms with Crippen LogP contribution in [0.3, 0.4) is 0 Å². The van der Waals surface area contributed by atoms with Gasteiger partial charge in [0.1, 0.15) is 11.8 Å². The van der Waals surface area contributed by atoms with Crippen molar-refractivity contribution in [1.82, 2.24) is 5.32 Å². The molecule has 0 aromatic heterocycles. The predicted octanol–water partition coefficient (Wildman–Crippen LogP) is 2.99. The molecule has 0 radical (unpaired) electrons. The molecule has 0 saturated carbocycles. The molecule has 7 heteroatoms. The highest BCUT2D eigenvalue weighted by molar-refractivity contribution is 6.35. The number of nitrogens with one attached hydrogen (secondary N) is 1. The molecule has 1 atom stereocenters. The first-order valence-electron chi connectivity index (χ1n) is 6.21. The fourth-order valence-corrected chi connectivity index (χ4v) is 2.05. The summed E-state index contributed by atoms with van der Waals surface area (Å²) in [7, 11) is 0. The van der Waals surface area contributed by atoms with E-state index in [-0.39, 0.29) is 11.6 Å². The SMILES string of the molecule is CC(C)(C)C(NC(=O)COc1ccc(Cl)cc1Cl)C(=O)O. The maximum absolute atomic E-state index is 11.8. The van der Waals surface area contributed by atoms with Gasteiger partial charge in [-0.15, -0.1) is 0 Å². The van der Waals surface area contributed by atoms with Crippen molar-refractivity contribution in [3.05, 3.63) is 28.2 Å². The zero-order valence-corrected chi connectivity index (χ0v) is 13.5. The van der Waals surface area contributed by atoms with Gasteiger partial charge in [-0.3, -0.25) is 4.79 Å². The van der Waals surface area contributed by atoms with Crippen molar-refractivity contribution in [3.8, 4) is 5.75 Å². The van der Waals surface area contributed by atoms with Gasteiger partial charge in [-0.25, -0.2) is 4.79 Å². The van der Waals surface area contributed by atoms with E-state index >= 15 is 0 Å². The van der Waals surface area contributed by atoms with Crippen LogP contribution in [0.2, 0.25) is 10.0 Å². The minimum absolute atomic E-state index is 0.279. The molecule has 0 aliphatic heterocycles. The number of hydrogen-bond donors (Lipinski definition) is 2. The van der Waals surface area contributed by atoms with Crippen LogP contribution in [0.25, 0.3) is 0 Å². The Kier molecular flexibility index (Phi) is 5.87. The number of carboxylic acid groups (broad SMARTS) is 1. The first-order valence-corrected chi connectivity index (χ1v) is 6.97. The molecule has 1 rings (SSSR count). The van der Waals surface area contributed by atoms with Gasteiger partial charge in [0.2, 0.25) is 0 Å². The molecule has 1 aromatic carbocycles. The van der Waals surface area contributed by atoms with Gasteiger partial charge in [0.15, 0.2) is 6.61 Å². The lowest BCUT2D eigenvalue weighted by atomic mass is 9.87. The lowest BCUT2D eigenvalue weighted by Crippen LogP contribution is -2.50. The zero-order chi connectivity index (χ0) is 16.2. The minimum Gasteiger partial charge on any atom is -0.482 e. The molecule has 0 aliphatic carbocycles. The molecule has 0 fully saturated rings. The Morgan fingerprint density at radius 2 is 1.95 bits per heavy atom. The molecule has 0 aliphatic rings. The van der Waals surface area contributed by atoms with Crippen LogP contribution in [0.1, 0.15) is 20.8 Å². The number of amides is 1. The second kappa shape index (κ2) is 7.00. The topological polar surface area (TPSA) is 75.6 Å². The van der Waals surface area contributed by atoms with Gasteiger partial charge < -0.3 is 15.2 Å². The van der Waals surface area contributed by atoms with Crippen LogP contribution in [0.5, 0.6) is 5.75 Å². The van der Waals surface area contributed by atoms with E-state index in [2.05, 4.69) is 5.32 Å². The minimum atomic E-state index is -1.10. The summed E-state index contributed by atoms with van der Waals surface area (Å²) in [6.07, 6.45) is 0. The first-order chi connectivity index (χ1) is 9.61. The third-order valence-corrected chi connectivity index (χ3v) is 3.20. The van der Waals surface area contributed by atoms with Crippen molar-refractivity contribution in [1.29, 1.82) is 0 Å². The highest BCUT2D eigenvalue weighted by Gasteiger charge is 2.32. The summed E-state index contributed by atoms with van der Waals surface area (Å²) in [5.41, 5.74) is -0.612. The fraction of sp³-hybridized carbons (Fsp3) is 0.429. The van der Waals surface area contributed by atoms with Crippen molar-refractivity contribution in [2.45, 2.75) is 26.8 Å². The molecule has 21 heavy (non-hydrogen) atoms. The number of hydrogen-bond acceptors (Lipinski definition) is 3. The molecular weight excluding hydrogens is 317 g/mol. The smallest absolute Gasteiger partial charge is 0.326 e. The molecule has 116 valence electrons. The Bertz CT molecular complexity index is 540. The van der Waals surface area contributed by atoms with Crippen LogP contribution in [0, 0.1) is 5.41 Å². The molecule has 1 unspecified atom stereocenters. The Morgan fingerprint density at radius 3 is 2.43 bits per heavy atom. The van der Waals surface area contributed by atoms with E-state index in [0.29, 0.717) is 10.8 Å². The summed E-state index contributed by atoms with van der Waals surface area (Å²) < 4.78 is 5.25. The van der Waals surface area contributed by atoms with Crippen LogP contribution in [0.4, 0.5) is 0 Å². The van der Waals surface area contributed by atoms with Crippen molar-refractivity contribution in [2.24, 2.45) is 5.41 Å². The van der Waals surface area contributed by atoms with E-state index in [4.69, 9.17) is 33.0 Å². The average Bonchev–Trinajstić information content (AvgIpc) is 2.33. The van der Waals surface area contributed by atoms with E-state index in [9.17, 15) is 9.59 Å². The number of halogens is 2. The van der Waals surface area contributed by atoms with E-state index in [1.54, 1.807) is 26.8 Å². The molecule has 5 nitrogen and oxygen atoms in total. The van der Waals surface area contributed by atoms with Gasteiger partial charge in [-0.05, 0) is 23.6 Å². The molecule has 0 saturated heterocycles. The van der Waals surface area contributed by atoms with E-state index in [1.165, 1.54) is 12.1 Å². The second-order valence-corrected chi connectivity index (χ2v) is 6.41. The highest BCUT2D eigenvalue weighted by Crippen LogP contribution is 2.27. The quantitative estimate of drug-likeness (QED) is 0.868. The summed E-state index contributed by atoms with van der Waals surface area (Å²) in [6.45, 7) is 4.84. The Labute approximate surface area is 133 Å². The first kappa shape index (κ1) is 17.6. The van der Waals surface area contributed by atoms with E-state index in [0.717, 1.165) is 0 Å². The highest BCUT2D eigenvalue weighted by atomic mass is 35.5. The maximum atomic E-state index is 11.8. The largest absolute Gasteiger partial charge is 0.482 e. The molecule has 1 amide bonds. The summed E-state index contributed by atoms with van der Waals surface area (Å²) in [4.78, 5) is 22.9. The second-order valence-electron chi connectivity index (χ2n) is 5.57. The molecule has 2 N–H and O–H groups in total. The molecular formula is C14H17Cl2NO4. The normalized spacial score (nSPS) is 12.6. The average molecular weight is 334 g/mol. The standard InChI is InChI=1S/C14H17Cl2NO4/c1-14(2,3)12(13(19)20)17-11(18)7-21-10-5-4-8(15)6-9(10)16/h4-6,12H,7H2,1-3H3,(H,17,18)(H,19,20). The Balaban J connectivity index is 2.63. The van der Waals surface area contributed by atoms with Crippen LogP contribution in [-0.2, 0) is 9.59 Å². The van der Waals surface area contributed by atoms with Gasteiger partial charge in [-0.1, -0.05) is 44.0 Å². The number of rotatable bonds is 5. The van der Waals surface area contributed by atoms with Gasteiger partial charge in [0.05, 0.1) is 5.02 Å². The number of ether oxygens (including phenoxy) is 1. The number of carbonyl (C=O) groups is 2. The number of carboxylic acids is 1. The summed E-state index contributed by atoms with van der Waals surface area (Å²) >= 11 is 11.7. The van der Waals surface area contributed by atoms with Crippen LogP contribution >= 0.6 is 23.2 Å². The lowest BCUT2D eigenvalue weighted by molar-refractivity contribution is -0.145. The van der Waals surface area contributed by atoms with E-state index < -0.39 is 23.3 Å². The van der Waals surface area contributed by atoms with Crippen LogP contribution in [-0.4, -0.2) is 29.6 Å². The van der Waals surface area contributed by atoms with Crippen molar-refractivity contribution < 1.29 is 19.4 Å². The van der Waals surface area contributed by atoms with E-state index in [1.807, 2.05) is 0 Å². The predicted molar refractivity (Wildman–Crippen MR) is 81.0 cm³/mol. The van der Waals surface area contributed by atoms with Gasteiger partial charge in [-0.2, -0.15) is 0 Å². The Hall–Kier alpha value is -1.46. The Morgan fingerprint density at radius 1 is 1.33 bits per heavy atom. The summed E-state index contributed by atoms with van der Waals surface area (Å²) in [5, 5.41) is 12.3. The van der Waals surface area contributed by atoms with Gasteiger partial charge in [0, 0.05) is 5.02 Å². The third kappa shape index (κ3) is 5.44. The van der Waals surface area contributed by atoms with Crippen LogP contribution in [0.15, 0.2) is 18.2 Å². The maximum Gasteiger partial charge on any atom is 0.326 e. The zero-order valence-electron chi connectivity index (χ0n) is 11.9. The molecule has 0 bridgehead atoms.